The predicted molar refractivity (Wildman–Crippen MR) is 137 cm³/mol. The van der Waals surface area contributed by atoms with E-state index in [2.05, 4.69) is 43.8 Å². The molecule has 1 amide bonds. The summed E-state index contributed by atoms with van der Waals surface area (Å²) >= 11 is 0. The maximum Gasteiger partial charge on any atom is 0.248 e. The number of hydrogen-bond donors (Lipinski definition) is 1. The molecule has 7 nitrogen and oxygen atoms in total. The molecule has 10 heteroatoms. The molecule has 5 rings (SSSR count). The van der Waals surface area contributed by atoms with Crippen LogP contribution >= 0.6 is 0 Å². The fourth-order valence-corrected chi connectivity index (χ4v) is 6.83. The smallest absolute Gasteiger partial charge is 0.248 e. The van der Waals surface area contributed by atoms with Gasteiger partial charge in [-0.3, -0.25) is 9.69 Å². The van der Waals surface area contributed by atoms with E-state index in [1.54, 1.807) is 12.1 Å². The maximum atomic E-state index is 14.0. The van der Waals surface area contributed by atoms with Crippen LogP contribution in [0.3, 0.4) is 0 Å². The zero-order valence-electron chi connectivity index (χ0n) is 22.5. The van der Waals surface area contributed by atoms with E-state index >= 15 is 0 Å². The zero-order valence-corrected chi connectivity index (χ0v) is 22.5. The molecule has 0 spiro atoms. The highest BCUT2D eigenvalue weighted by molar-refractivity contribution is 5.79. The Bertz CT molecular complexity index is 1110. The first-order valence-corrected chi connectivity index (χ1v) is 14.1. The van der Waals surface area contributed by atoms with E-state index in [4.69, 9.17) is 0 Å². The molecule has 0 radical (unpaired) electrons. The molecule has 4 atom stereocenters. The summed E-state index contributed by atoms with van der Waals surface area (Å²) in [6, 6.07) is 5.38. The number of fused-ring (bicyclic) bond motifs is 2. The summed E-state index contributed by atoms with van der Waals surface area (Å²) in [6.45, 7) is 7.08. The minimum atomic E-state index is -2.69. The number of aromatic nitrogens is 4. The third-order valence-electron chi connectivity index (χ3n) is 8.81. The lowest BCUT2D eigenvalue weighted by Crippen LogP contribution is -2.45. The number of aryl methyl sites for hydroxylation is 1. The number of nitrogens with zero attached hydrogens (tertiary/aromatic N) is 5. The molecule has 2 saturated heterocycles. The lowest BCUT2D eigenvalue weighted by molar-refractivity contribution is -0.130. The van der Waals surface area contributed by atoms with E-state index in [9.17, 15) is 18.0 Å². The number of nitrogens with one attached hydrogen (secondary N) is 1. The average Bonchev–Trinajstić information content (AvgIpc) is 3.36. The highest BCUT2D eigenvalue weighted by atomic mass is 19.3. The van der Waals surface area contributed by atoms with Crippen LogP contribution in [0.2, 0.25) is 0 Å². The Balaban J connectivity index is 1.26. The summed E-state index contributed by atoms with van der Waals surface area (Å²) in [6.07, 6.45) is 4.71. The van der Waals surface area contributed by atoms with Crippen molar-refractivity contribution in [2.75, 3.05) is 6.54 Å². The molecule has 2 aromatic heterocycles. The van der Waals surface area contributed by atoms with Gasteiger partial charge in [0, 0.05) is 49.3 Å². The Hall–Kier alpha value is -2.49. The van der Waals surface area contributed by atoms with Crippen molar-refractivity contribution in [3.8, 4) is 0 Å². The van der Waals surface area contributed by atoms with Gasteiger partial charge >= 0.3 is 0 Å². The number of pyridine rings is 1. The van der Waals surface area contributed by atoms with E-state index in [-0.39, 0.29) is 31.6 Å². The fourth-order valence-electron chi connectivity index (χ4n) is 6.83. The maximum absolute atomic E-state index is 14.0. The van der Waals surface area contributed by atoms with Crippen molar-refractivity contribution in [1.82, 2.24) is 30.0 Å². The third-order valence-corrected chi connectivity index (χ3v) is 8.81. The van der Waals surface area contributed by atoms with E-state index in [1.165, 1.54) is 6.07 Å². The lowest BCUT2D eigenvalue weighted by atomic mass is 9.86. The summed E-state index contributed by atoms with van der Waals surface area (Å²) in [7, 11) is 0. The highest BCUT2D eigenvalue weighted by Crippen LogP contribution is 2.42. The minimum absolute atomic E-state index is 0.167. The van der Waals surface area contributed by atoms with Gasteiger partial charge in [-0.1, -0.05) is 19.9 Å². The number of piperidine rings is 1. The summed E-state index contributed by atoms with van der Waals surface area (Å²) in [5, 5.41) is 11.8. The van der Waals surface area contributed by atoms with E-state index < -0.39 is 23.8 Å². The summed E-state index contributed by atoms with van der Waals surface area (Å²) in [5.74, 6) is -1.64. The summed E-state index contributed by atoms with van der Waals surface area (Å²) < 4.78 is 43.6. The molecular weight excluding hydrogens is 493 g/mol. The quantitative estimate of drug-likeness (QED) is 0.456. The van der Waals surface area contributed by atoms with E-state index in [1.807, 2.05) is 6.92 Å². The zero-order chi connectivity index (χ0) is 27.0. The van der Waals surface area contributed by atoms with Crippen LogP contribution < -0.4 is 5.32 Å². The molecule has 0 unspecified atom stereocenters. The first kappa shape index (κ1) is 27.1. The molecule has 38 heavy (non-hydrogen) atoms. The molecule has 1 N–H and O–H groups in total. The van der Waals surface area contributed by atoms with Crippen molar-refractivity contribution in [3.63, 3.8) is 0 Å². The van der Waals surface area contributed by atoms with Gasteiger partial charge in [0.1, 0.15) is 11.6 Å². The van der Waals surface area contributed by atoms with Crippen LogP contribution in [-0.2, 0) is 4.79 Å². The molecule has 1 saturated carbocycles. The Morgan fingerprint density at radius 2 is 1.76 bits per heavy atom. The van der Waals surface area contributed by atoms with Crippen LogP contribution in [-0.4, -0.2) is 55.1 Å². The Morgan fingerprint density at radius 3 is 2.39 bits per heavy atom. The van der Waals surface area contributed by atoms with Crippen LogP contribution in [0.25, 0.3) is 0 Å². The van der Waals surface area contributed by atoms with Crippen molar-refractivity contribution < 1.29 is 18.0 Å². The fraction of sp³-hybridized carbons (Fsp3) is 0.714. The van der Waals surface area contributed by atoms with Gasteiger partial charge in [0.15, 0.2) is 0 Å². The Labute approximate surface area is 222 Å². The molecule has 4 heterocycles. The Kier molecular flexibility index (Phi) is 7.80. The van der Waals surface area contributed by atoms with E-state index in [0.29, 0.717) is 36.2 Å². The topological polar surface area (TPSA) is 75.9 Å². The number of amides is 1. The van der Waals surface area contributed by atoms with Crippen LogP contribution in [0.1, 0.15) is 107 Å². The van der Waals surface area contributed by atoms with Crippen LogP contribution in [0.15, 0.2) is 18.2 Å². The van der Waals surface area contributed by atoms with Gasteiger partial charge in [0.2, 0.25) is 17.8 Å². The number of halogens is 3. The number of hydrogen-bond acceptors (Lipinski definition) is 5. The van der Waals surface area contributed by atoms with Gasteiger partial charge in [0.05, 0.1) is 11.7 Å². The summed E-state index contributed by atoms with van der Waals surface area (Å²) in [5.41, 5.74) is 0.475. The SMILES string of the molecule is Cc1nnc(C(C)C)n1[C@@H]1C[C@H]2CC[C@@H](C1)N2CC[C@H](NC(=O)C1CCC(F)(F)CC1)c1cccc(F)n1. The summed E-state index contributed by atoms with van der Waals surface area (Å²) in [4.78, 5) is 19.7. The van der Waals surface area contributed by atoms with Crippen molar-refractivity contribution in [1.29, 1.82) is 0 Å². The van der Waals surface area contributed by atoms with Crippen molar-refractivity contribution in [2.24, 2.45) is 5.92 Å². The molecular formula is C28H39F3N6O. The molecule has 0 aromatic carbocycles. The van der Waals surface area contributed by atoms with Gasteiger partial charge in [-0.05, 0) is 64.0 Å². The molecule has 2 aromatic rings. The van der Waals surface area contributed by atoms with Crippen LogP contribution in [0.4, 0.5) is 13.2 Å². The lowest BCUT2D eigenvalue weighted by Gasteiger charge is -2.40. The number of carbonyl (C=O) groups excluding carboxylic acids is 1. The molecule has 1 aliphatic carbocycles. The Morgan fingerprint density at radius 1 is 1.08 bits per heavy atom. The number of rotatable bonds is 8. The third kappa shape index (κ3) is 5.75. The van der Waals surface area contributed by atoms with Gasteiger partial charge in [-0.2, -0.15) is 4.39 Å². The highest BCUT2D eigenvalue weighted by Gasteiger charge is 2.43. The predicted octanol–water partition coefficient (Wildman–Crippen LogP) is 5.49. The van der Waals surface area contributed by atoms with Crippen LogP contribution in [0.5, 0.6) is 0 Å². The largest absolute Gasteiger partial charge is 0.347 e. The standard InChI is InChI=1S/C28H39F3N6O/c1-17(2)26-35-34-18(3)37(26)22-15-20-7-8-21(16-22)36(20)14-11-24(23-5-4-6-25(29)32-23)33-27(38)19-9-12-28(30,31)13-10-19/h4-6,17,19-22,24H,7-16H2,1-3H3,(H,33,38)/t20-,21+,22-,24-/m0/s1. The van der Waals surface area contributed by atoms with Crippen molar-refractivity contribution >= 4 is 5.91 Å². The minimum Gasteiger partial charge on any atom is -0.347 e. The first-order chi connectivity index (χ1) is 18.1. The van der Waals surface area contributed by atoms with Gasteiger partial charge in [0.25, 0.3) is 0 Å². The average molecular weight is 533 g/mol. The monoisotopic (exact) mass is 532 g/mol. The van der Waals surface area contributed by atoms with Gasteiger partial charge in [-0.15, -0.1) is 10.2 Å². The molecule has 3 fully saturated rings. The normalized spacial score (nSPS) is 26.6. The second kappa shape index (κ2) is 10.9. The number of alkyl halides is 2. The second-order valence-electron chi connectivity index (χ2n) is 11.7. The van der Waals surface area contributed by atoms with Gasteiger partial charge < -0.3 is 9.88 Å². The molecule has 208 valence electrons. The molecule has 2 aliphatic heterocycles. The van der Waals surface area contributed by atoms with Crippen molar-refractivity contribution in [2.45, 2.75) is 115 Å². The van der Waals surface area contributed by atoms with Crippen molar-refractivity contribution in [3.05, 3.63) is 41.5 Å². The molecule has 3 aliphatic rings. The van der Waals surface area contributed by atoms with Gasteiger partial charge in [-0.25, -0.2) is 13.8 Å². The molecule has 2 bridgehead atoms. The van der Waals surface area contributed by atoms with Crippen LogP contribution in [0, 0.1) is 18.8 Å². The first-order valence-electron chi connectivity index (χ1n) is 14.1. The second-order valence-corrected chi connectivity index (χ2v) is 11.7. The number of carbonyl (C=O) groups is 1. The van der Waals surface area contributed by atoms with E-state index in [0.717, 1.165) is 43.9 Å².